The monoisotopic (exact) mass is 346 g/mol. The van der Waals surface area contributed by atoms with Gasteiger partial charge in [-0.2, -0.15) is 0 Å². The molecule has 2 unspecified atom stereocenters. The summed E-state index contributed by atoms with van der Waals surface area (Å²) < 4.78 is 18.8. The number of ether oxygens (including phenoxy) is 1. The predicted molar refractivity (Wildman–Crippen MR) is 95.1 cm³/mol. The topological polar surface area (TPSA) is 70.6 Å². The van der Waals surface area contributed by atoms with Crippen molar-refractivity contribution in [3.63, 3.8) is 0 Å². The molecule has 134 valence electrons. The minimum absolute atomic E-state index is 0.157. The van der Waals surface area contributed by atoms with E-state index in [4.69, 9.17) is 4.74 Å². The molecule has 2 atom stereocenters. The Labute approximate surface area is 146 Å². The molecular weight excluding hydrogens is 323 g/mol. The number of rotatable bonds is 8. The molecule has 0 fully saturated rings. The van der Waals surface area contributed by atoms with Crippen LogP contribution in [0, 0.1) is 5.82 Å². The lowest BCUT2D eigenvalue weighted by atomic mass is 10.1. The van der Waals surface area contributed by atoms with Gasteiger partial charge in [-0.3, -0.25) is 4.79 Å². The van der Waals surface area contributed by atoms with Crippen molar-refractivity contribution >= 4 is 11.6 Å². The van der Waals surface area contributed by atoms with Gasteiger partial charge < -0.3 is 20.5 Å². The summed E-state index contributed by atoms with van der Waals surface area (Å²) in [4.78, 5) is 12.1. The second-order valence-electron chi connectivity index (χ2n) is 5.80. The summed E-state index contributed by atoms with van der Waals surface area (Å²) >= 11 is 0. The summed E-state index contributed by atoms with van der Waals surface area (Å²) in [5, 5.41) is 15.9. The van der Waals surface area contributed by atoms with Crippen LogP contribution in [0.1, 0.15) is 25.0 Å². The number of nitrogens with one attached hydrogen (secondary N) is 2. The number of hydrogen-bond donors (Lipinski definition) is 3. The van der Waals surface area contributed by atoms with E-state index < -0.39 is 11.9 Å². The van der Waals surface area contributed by atoms with Crippen LogP contribution in [0.2, 0.25) is 0 Å². The SMILES string of the molecule is COc1ccccc1NC(=O)CC(C)NCC(O)c1ccccc1F. The van der Waals surface area contributed by atoms with Crippen LogP contribution in [0.3, 0.4) is 0 Å². The normalized spacial score (nSPS) is 13.1. The number of aliphatic hydroxyl groups excluding tert-OH is 1. The van der Waals surface area contributed by atoms with Crippen LogP contribution >= 0.6 is 0 Å². The molecule has 3 N–H and O–H groups in total. The molecule has 0 spiro atoms. The van der Waals surface area contributed by atoms with Gasteiger partial charge in [0, 0.05) is 24.6 Å². The van der Waals surface area contributed by atoms with Crippen LogP contribution in [0.15, 0.2) is 48.5 Å². The number of aliphatic hydroxyl groups is 1. The van der Waals surface area contributed by atoms with Gasteiger partial charge >= 0.3 is 0 Å². The molecule has 2 aromatic carbocycles. The van der Waals surface area contributed by atoms with E-state index in [9.17, 15) is 14.3 Å². The van der Waals surface area contributed by atoms with Gasteiger partial charge in [-0.1, -0.05) is 30.3 Å². The zero-order valence-electron chi connectivity index (χ0n) is 14.3. The fourth-order valence-corrected chi connectivity index (χ4v) is 2.47. The van der Waals surface area contributed by atoms with Gasteiger partial charge in [0.05, 0.1) is 18.9 Å². The first-order valence-electron chi connectivity index (χ1n) is 8.10. The number of carbonyl (C=O) groups excluding carboxylic acids is 1. The Balaban J connectivity index is 1.82. The smallest absolute Gasteiger partial charge is 0.226 e. The number of benzene rings is 2. The Morgan fingerprint density at radius 3 is 2.60 bits per heavy atom. The molecule has 6 heteroatoms. The average molecular weight is 346 g/mol. The summed E-state index contributed by atoms with van der Waals surface area (Å²) in [6, 6.07) is 13.1. The maximum absolute atomic E-state index is 13.6. The van der Waals surface area contributed by atoms with E-state index in [1.165, 1.54) is 6.07 Å². The van der Waals surface area contributed by atoms with Gasteiger partial charge in [-0.15, -0.1) is 0 Å². The number of hydrogen-bond acceptors (Lipinski definition) is 4. The molecule has 0 saturated heterocycles. The van der Waals surface area contributed by atoms with Crippen molar-refractivity contribution in [1.82, 2.24) is 5.32 Å². The lowest BCUT2D eigenvalue weighted by Crippen LogP contribution is -2.33. The third kappa shape index (κ3) is 5.55. The zero-order chi connectivity index (χ0) is 18.2. The summed E-state index contributed by atoms with van der Waals surface area (Å²) in [5.74, 6) is -0.0327. The van der Waals surface area contributed by atoms with Crippen molar-refractivity contribution in [2.75, 3.05) is 19.0 Å². The number of anilines is 1. The highest BCUT2D eigenvalue weighted by atomic mass is 19.1. The van der Waals surface area contributed by atoms with Crippen molar-refractivity contribution in [1.29, 1.82) is 0 Å². The summed E-state index contributed by atoms with van der Waals surface area (Å²) in [6.07, 6.45) is -0.761. The molecule has 1 amide bonds. The largest absolute Gasteiger partial charge is 0.495 e. The van der Waals surface area contributed by atoms with Crippen molar-refractivity contribution in [2.24, 2.45) is 0 Å². The Bertz CT molecular complexity index is 709. The minimum Gasteiger partial charge on any atom is -0.495 e. The van der Waals surface area contributed by atoms with Gasteiger partial charge in [0.15, 0.2) is 0 Å². The molecule has 0 heterocycles. The maximum atomic E-state index is 13.6. The third-order valence-corrected chi connectivity index (χ3v) is 3.80. The number of carbonyl (C=O) groups is 1. The summed E-state index contributed by atoms with van der Waals surface area (Å²) in [7, 11) is 1.54. The van der Waals surface area contributed by atoms with Crippen LogP contribution in [-0.4, -0.2) is 30.7 Å². The van der Waals surface area contributed by atoms with Crippen LogP contribution in [0.25, 0.3) is 0 Å². The first kappa shape index (κ1) is 18.9. The number of amides is 1. The standard InChI is InChI=1S/C19H23FN2O3/c1-13(21-12-17(23)14-7-3-4-8-15(14)20)11-19(24)22-16-9-5-6-10-18(16)25-2/h3-10,13,17,21,23H,11-12H2,1-2H3,(H,22,24). The van der Waals surface area contributed by atoms with Gasteiger partial charge in [-0.05, 0) is 25.1 Å². The van der Waals surface area contributed by atoms with Gasteiger partial charge in [-0.25, -0.2) is 4.39 Å². The molecule has 2 rings (SSSR count). The first-order chi connectivity index (χ1) is 12.0. The number of halogens is 1. The van der Waals surface area contributed by atoms with Crippen LogP contribution in [-0.2, 0) is 4.79 Å². The van der Waals surface area contributed by atoms with E-state index >= 15 is 0 Å². The highest BCUT2D eigenvalue weighted by Gasteiger charge is 2.15. The molecule has 0 bridgehead atoms. The maximum Gasteiger partial charge on any atom is 0.226 e. The Kier molecular flexibility index (Phi) is 6.91. The quantitative estimate of drug-likeness (QED) is 0.687. The van der Waals surface area contributed by atoms with Gasteiger partial charge in [0.25, 0.3) is 0 Å². The van der Waals surface area contributed by atoms with Gasteiger partial charge in [0.1, 0.15) is 11.6 Å². The molecule has 0 saturated carbocycles. The fraction of sp³-hybridized carbons (Fsp3) is 0.316. The Hall–Kier alpha value is -2.44. The first-order valence-corrected chi connectivity index (χ1v) is 8.10. The summed E-state index contributed by atoms with van der Waals surface area (Å²) in [6.45, 7) is 1.99. The van der Waals surface area contributed by atoms with E-state index in [0.717, 1.165) is 0 Å². The number of methoxy groups -OCH3 is 1. The van der Waals surface area contributed by atoms with Crippen molar-refractivity contribution in [2.45, 2.75) is 25.5 Å². The second-order valence-corrected chi connectivity index (χ2v) is 5.80. The van der Waals surface area contributed by atoms with Crippen LogP contribution in [0.5, 0.6) is 5.75 Å². The van der Waals surface area contributed by atoms with E-state index in [1.54, 1.807) is 37.4 Å². The molecule has 5 nitrogen and oxygen atoms in total. The predicted octanol–water partition coefficient (Wildman–Crippen LogP) is 2.87. The molecule has 0 aliphatic carbocycles. The van der Waals surface area contributed by atoms with Crippen LogP contribution in [0.4, 0.5) is 10.1 Å². The lowest BCUT2D eigenvalue weighted by molar-refractivity contribution is -0.116. The fourth-order valence-electron chi connectivity index (χ4n) is 2.47. The molecule has 25 heavy (non-hydrogen) atoms. The van der Waals surface area contributed by atoms with E-state index in [2.05, 4.69) is 10.6 Å². The van der Waals surface area contributed by atoms with E-state index in [-0.39, 0.29) is 30.5 Å². The molecule has 0 aliphatic heterocycles. The molecule has 0 aliphatic rings. The molecule has 0 radical (unpaired) electrons. The second kappa shape index (κ2) is 9.15. The van der Waals surface area contributed by atoms with Crippen molar-refractivity contribution in [3.8, 4) is 5.75 Å². The Morgan fingerprint density at radius 2 is 1.88 bits per heavy atom. The van der Waals surface area contributed by atoms with Crippen LogP contribution < -0.4 is 15.4 Å². The third-order valence-electron chi connectivity index (χ3n) is 3.80. The highest BCUT2D eigenvalue weighted by molar-refractivity contribution is 5.92. The van der Waals surface area contributed by atoms with Crippen molar-refractivity contribution < 1.29 is 19.0 Å². The minimum atomic E-state index is -0.971. The van der Waals surface area contributed by atoms with E-state index in [1.807, 2.05) is 19.1 Å². The van der Waals surface area contributed by atoms with Gasteiger partial charge in [0.2, 0.25) is 5.91 Å². The molecular formula is C19H23FN2O3. The van der Waals surface area contributed by atoms with E-state index in [0.29, 0.717) is 11.4 Å². The zero-order valence-corrected chi connectivity index (χ0v) is 14.3. The van der Waals surface area contributed by atoms with Crippen molar-refractivity contribution in [3.05, 3.63) is 59.9 Å². The Morgan fingerprint density at radius 1 is 1.20 bits per heavy atom. The highest BCUT2D eigenvalue weighted by Crippen LogP contribution is 2.23. The molecule has 2 aromatic rings. The number of para-hydroxylation sites is 2. The lowest BCUT2D eigenvalue weighted by Gasteiger charge is -2.18. The molecule has 0 aromatic heterocycles. The average Bonchev–Trinajstić information content (AvgIpc) is 2.60. The summed E-state index contributed by atoms with van der Waals surface area (Å²) in [5.41, 5.74) is 0.842.